The lowest BCUT2D eigenvalue weighted by Gasteiger charge is -2.14. The molecule has 0 fully saturated rings. The van der Waals surface area contributed by atoms with E-state index in [0.717, 1.165) is 11.8 Å². The standard InChI is InChI=1S/C11H24.C8H10.C2H6/c1-5-7-8-11(4)9-10(3)6-2;1-7-5-3-4-6-8(7)2;1-2/h10-11H,5-9H2,1-4H3;3-6H,1-2H3;1-2H3. The maximum atomic E-state index is 2.39. The van der Waals surface area contributed by atoms with E-state index in [-0.39, 0.29) is 0 Å². The fourth-order valence-corrected chi connectivity index (χ4v) is 2.19. The number of benzene rings is 1. The van der Waals surface area contributed by atoms with Gasteiger partial charge >= 0.3 is 0 Å². The van der Waals surface area contributed by atoms with Gasteiger partial charge in [0, 0.05) is 0 Å². The summed E-state index contributed by atoms with van der Waals surface area (Å²) in [6.45, 7) is 17.6. The Morgan fingerprint density at radius 3 is 1.67 bits per heavy atom. The second-order valence-corrected chi connectivity index (χ2v) is 6.08. The van der Waals surface area contributed by atoms with Crippen LogP contribution < -0.4 is 0 Å². The summed E-state index contributed by atoms with van der Waals surface area (Å²) in [5.74, 6) is 1.88. The van der Waals surface area contributed by atoms with Crippen LogP contribution in [0, 0.1) is 25.7 Å². The summed E-state index contributed by atoms with van der Waals surface area (Å²) in [5, 5.41) is 0. The first-order valence-corrected chi connectivity index (χ1v) is 9.03. The molecule has 0 amide bonds. The van der Waals surface area contributed by atoms with Crippen molar-refractivity contribution in [3.05, 3.63) is 35.4 Å². The number of hydrogen-bond donors (Lipinski definition) is 0. The van der Waals surface area contributed by atoms with E-state index in [9.17, 15) is 0 Å². The molecule has 0 saturated heterocycles. The van der Waals surface area contributed by atoms with Crippen LogP contribution in [-0.4, -0.2) is 0 Å². The monoisotopic (exact) mass is 292 g/mol. The average Bonchev–Trinajstić information content (AvgIpc) is 2.50. The Balaban J connectivity index is 0. The molecule has 1 aromatic rings. The molecule has 0 nitrogen and oxygen atoms in total. The third kappa shape index (κ3) is 13.9. The third-order valence-corrected chi connectivity index (χ3v) is 3.98. The predicted octanol–water partition coefficient (Wildman–Crippen LogP) is 7.58. The lowest BCUT2D eigenvalue weighted by molar-refractivity contribution is 0.379. The molecule has 0 N–H and O–H groups in total. The van der Waals surface area contributed by atoms with Crippen molar-refractivity contribution in [2.45, 2.75) is 87.5 Å². The van der Waals surface area contributed by atoms with Crippen LogP contribution in [0.15, 0.2) is 24.3 Å². The van der Waals surface area contributed by atoms with Crippen molar-refractivity contribution in [1.82, 2.24) is 0 Å². The first kappa shape index (κ1) is 22.5. The van der Waals surface area contributed by atoms with Gasteiger partial charge < -0.3 is 0 Å². The summed E-state index contributed by atoms with van der Waals surface area (Å²) in [6, 6.07) is 8.36. The zero-order valence-electron chi connectivity index (χ0n) is 16.0. The zero-order valence-corrected chi connectivity index (χ0v) is 16.0. The number of unbranched alkanes of at least 4 members (excludes halogenated alkanes) is 1. The van der Waals surface area contributed by atoms with Crippen LogP contribution in [0.5, 0.6) is 0 Å². The van der Waals surface area contributed by atoms with E-state index in [0.29, 0.717) is 0 Å². The molecule has 0 aliphatic heterocycles. The van der Waals surface area contributed by atoms with Gasteiger partial charge in [-0.25, -0.2) is 0 Å². The highest BCUT2D eigenvalue weighted by Gasteiger charge is 2.05. The largest absolute Gasteiger partial charge is 0.0683 e. The SMILES string of the molecule is CC.CCCCC(C)CC(C)CC.Cc1ccccc1C. The quantitative estimate of drug-likeness (QED) is 0.507. The van der Waals surface area contributed by atoms with Gasteiger partial charge in [-0.15, -0.1) is 0 Å². The molecule has 0 heterocycles. The maximum absolute atomic E-state index is 2.39. The Hall–Kier alpha value is -0.780. The van der Waals surface area contributed by atoms with Gasteiger partial charge in [-0.05, 0) is 43.2 Å². The van der Waals surface area contributed by atoms with E-state index in [4.69, 9.17) is 0 Å². The molecule has 0 heteroatoms. The smallest absolute Gasteiger partial charge is 0.0395 e. The van der Waals surface area contributed by atoms with Gasteiger partial charge in [-0.1, -0.05) is 91.5 Å². The Morgan fingerprint density at radius 1 is 0.857 bits per heavy atom. The molecule has 0 aliphatic rings. The fourth-order valence-electron chi connectivity index (χ4n) is 2.19. The molecule has 0 aliphatic carbocycles. The molecule has 0 bridgehead atoms. The van der Waals surface area contributed by atoms with E-state index in [1.54, 1.807) is 0 Å². The van der Waals surface area contributed by atoms with Gasteiger partial charge in [-0.3, -0.25) is 0 Å². The zero-order chi connectivity index (χ0) is 16.7. The van der Waals surface area contributed by atoms with Gasteiger partial charge in [0.05, 0.1) is 0 Å². The van der Waals surface area contributed by atoms with Crippen molar-refractivity contribution < 1.29 is 0 Å². The van der Waals surface area contributed by atoms with E-state index >= 15 is 0 Å². The fraction of sp³-hybridized carbons (Fsp3) is 0.714. The molecule has 1 aromatic carbocycles. The summed E-state index contributed by atoms with van der Waals surface area (Å²) < 4.78 is 0. The molecular formula is C21H40. The predicted molar refractivity (Wildman–Crippen MR) is 100 cm³/mol. The van der Waals surface area contributed by atoms with Crippen molar-refractivity contribution in [2.75, 3.05) is 0 Å². The van der Waals surface area contributed by atoms with Gasteiger partial charge in [-0.2, -0.15) is 0 Å². The number of hydrogen-bond acceptors (Lipinski definition) is 0. The Bertz CT molecular complexity index is 293. The van der Waals surface area contributed by atoms with Crippen molar-refractivity contribution in [1.29, 1.82) is 0 Å². The molecule has 0 spiro atoms. The average molecular weight is 293 g/mol. The number of aryl methyl sites for hydroxylation is 2. The summed E-state index contributed by atoms with van der Waals surface area (Å²) in [4.78, 5) is 0. The maximum Gasteiger partial charge on any atom is -0.0395 e. The van der Waals surface area contributed by atoms with Crippen LogP contribution in [0.25, 0.3) is 0 Å². The van der Waals surface area contributed by atoms with Gasteiger partial charge in [0.15, 0.2) is 0 Å². The van der Waals surface area contributed by atoms with Crippen molar-refractivity contribution in [2.24, 2.45) is 11.8 Å². The highest BCUT2D eigenvalue weighted by molar-refractivity contribution is 5.23. The normalized spacial score (nSPS) is 12.4. The molecule has 124 valence electrons. The first-order valence-electron chi connectivity index (χ1n) is 9.03. The minimum absolute atomic E-state index is 0.932. The van der Waals surface area contributed by atoms with Crippen LogP contribution in [0.1, 0.15) is 84.8 Å². The van der Waals surface area contributed by atoms with E-state index < -0.39 is 0 Å². The Kier molecular flexibility index (Phi) is 16.7. The van der Waals surface area contributed by atoms with Crippen molar-refractivity contribution in [3.8, 4) is 0 Å². The van der Waals surface area contributed by atoms with E-state index in [1.807, 2.05) is 13.8 Å². The number of rotatable bonds is 6. The van der Waals surface area contributed by atoms with Crippen LogP contribution in [0.3, 0.4) is 0 Å². The minimum atomic E-state index is 0.932. The summed E-state index contributed by atoms with van der Waals surface area (Å²) >= 11 is 0. The summed E-state index contributed by atoms with van der Waals surface area (Å²) in [7, 11) is 0. The molecular weight excluding hydrogens is 252 g/mol. The molecule has 1 rings (SSSR count). The Morgan fingerprint density at radius 2 is 1.33 bits per heavy atom. The highest BCUT2D eigenvalue weighted by atomic mass is 14.1. The molecule has 0 aromatic heterocycles. The minimum Gasteiger partial charge on any atom is -0.0683 e. The second-order valence-electron chi connectivity index (χ2n) is 6.08. The van der Waals surface area contributed by atoms with Crippen molar-refractivity contribution in [3.63, 3.8) is 0 Å². The Labute approximate surface area is 135 Å². The highest BCUT2D eigenvalue weighted by Crippen LogP contribution is 2.19. The summed E-state index contributed by atoms with van der Waals surface area (Å²) in [6.07, 6.45) is 6.97. The van der Waals surface area contributed by atoms with Crippen LogP contribution in [-0.2, 0) is 0 Å². The molecule has 0 saturated carbocycles. The molecule has 2 atom stereocenters. The van der Waals surface area contributed by atoms with Gasteiger partial charge in [0.25, 0.3) is 0 Å². The van der Waals surface area contributed by atoms with Gasteiger partial charge in [0.2, 0.25) is 0 Å². The summed E-state index contributed by atoms with van der Waals surface area (Å²) in [5.41, 5.74) is 2.74. The molecule has 2 unspecified atom stereocenters. The first-order chi connectivity index (χ1) is 10.0. The topological polar surface area (TPSA) is 0 Å². The molecule has 21 heavy (non-hydrogen) atoms. The lowest BCUT2D eigenvalue weighted by atomic mass is 9.92. The van der Waals surface area contributed by atoms with Crippen molar-refractivity contribution >= 4 is 0 Å². The lowest BCUT2D eigenvalue weighted by Crippen LogP contribution is -2.01. The van der Waals surface area contributed by atoms with Crippen LogP contribution >= 0.6 is 0 Å². The van der Waals surface area contributed by atoms with E-state index in [2.05, 4.69) is 65.8 Å². The third-order valence-electron chi connectivity index (χ3n) is 3.98. The van der Waals surface area contributed by atoms with Crippen LogP contribution in [0.4, 0.5) is 0 Å². The van der Waals surface area contributed by atoms with Crippen LogP contribution in [0.2, 0.25) is 0 Å². The second kappa shape index (κ2) is 15.6. The molecule has 0 radical (unpaired) electrons. The van der Waals surface area contributed by atoms with E-state index in [1.165, 1.54) is 43.2 Å². The van der Waals surface area contributed by atoms with Gasteiger partial charge in [0.1, 0.15) is 0 Å².